The van der Waals surface area contributed by atoms with Crippen LogP contribution in [0.2, 0.25) is 10.0 Å². The van der Waals surface area contributed by atoms with Gasteiger partial charge in [0.25, 0.3) is 0 Å². The van der Waals surface area contributed by atoms with Crippen molar-refractivity contribution in [2.24, 2.45) is 0 Å². The van der Waals surface area contributed by atoms with E-state index in [-0.39, 0.29) is 0 Å². The Bertz CT molecular complexity index is 998. The van der Waals surface area contributed by atoms with Gasteiger partial charge in [-0.15, -0.1) is 0 Å². The van der Waals surface area contributed by atoms with Gasteiger partial charge in [-0.1, -0.05) is 23.2 Å². The van der Waals surface area contributed by atoms with Crippen molar-refractivity contribution in [1.29, 1.82) is 0 Å². The zero-order chi connectivity index (χ0) is 20.4. The molecule has 1 aliphatic heterocycles. The number of aromatic amines is 1. The maximum absolute atomic E-state index is 6.14. The van der Waals surface area contributed by atoms with E-state index >= 15 is 0 Å². The molecule has 0 atom stereocenters. The molecule has 3 N–H and O–H groups in total. The van der Waals surface area contributed by atoms with E-state index in [2.05, 4.69) is 42.7 Å². The third kappa shape index (κ3) is 4.90. The summed E-state index contributed by atoms with van der Waals surface area (Å²) in [4.78, 5) is 13.9. The second-order valence-corrected chi connectivity index (χ2v) is 7.85. The molecule has 10 heteroatoms. The van der Waals surface area contributed by atoms with Gasteiger partial charge >= 0.3 is 0 Å². The van der Waals surface area contributed by atoms with Crippen LogP contribution in [0.3, 0.4) is 0 Å². The Labute approximate surface area is 179 Å². The van der Waals surface area contributed by atoms with E-state index in [0.717, 1.165) is 43.4 Å². The molecule has 4 rings (SSSR count). The van der Waals surface area contributed by atoms with E-state index in [0.29, 0.717) is 27.6 Å². The van der Waals surface area contributed by atoms with Crippen LogP contribution in [-0.4, -0.2) is 58.3 Å². The number of hydrogen-bond acceptors (Lipinski definition) is 7. The predicted octanol–water partition coefficient (Wildman–Crippen LogP) is 4.05. The van der Waals surface area contributed by atoms with Crippen LogP contribution in [0, 0.1) is 6.92 Å². The van der Waals surface area contributed by atoms with Crippen molar-refractivity contribution in [3.8, 4) is 0 Å². The third-order valence-corrected chi connectivity index (χ3v) is 5.42. The number of rotatable bonds is 5. The first-order valence-electron chi connectivity index (χ1n) is 9.30. The third-order valence-electron chi connectivity index (χ3n) is 4.68. The highest BCUT2D eigenvalue weighted by molar-refractivity contribution is 6.42. The van der Waals surface area contributed by atoms with E-state index in [1.165, 1.54) is 0 Å². The fourth-order valence-electron chi connectivity index (χ4n) is 3.07. The number of anilines is 5. The van der Waals surface area contributed by atoms with Crippen LogP contribution in [0.15, 0.2) is 30.3 Å². The van der Waals surface area contributed by atoms with Gasteiger partial charge in [-0.25, -0.2) is 0 Å². The van der Waals surface area contributed by atoms with E-state index in [1.54, 1.807) is 12.1 Å². The first kappa shape index (κ1) is 19.8. The summed E-state index contributed by atoms with van der Waals surface area (Å²) < 4.78 is 0. The van der Waals surface area contributed by atoms with Gasteiger partial charge in [0.05, 0.1) is 10.0 Å². The molecule has 3 heterocycles. The summed E-state index contributed by atoms with van der Waals surface area (Å²) in [6, 6.07) is 9.19. The molecule has 8 nitrogen and oxygen atoms in total. The van der Waals surface area contributed by atoms with Crippen molar-refractivity contribution < 1.29 is 0 Å². The molecule has 0 amide bonds. The Morgan fingerprint density at radius 1 is 0.931 bits per heavy atom. The molecule has 0 radical (unpaired) electrons. The summed E-state index contributed by atoms with van der Waals surface area (Å²) in [6.07, 6.45) is 0. The minimum atomic E-state index is 0.467. The standard InChI is InChI=1S/C19H22Cl2N8/c1-12-9-17(27-26-12)23-16-11-18(29-7-5-28(2)6-8-29)25-19(24-16)22-13-3-4-14(20)15(21)10-13/h3-4,9-11H,5-8H2,1-2H3,(H3,22,23,24,25,26,27). The van der Waals surface area contributed by atoms with Gasteiger partial charge in [-0.05, 0) is 32.2 Å². The summed E-state index contributed by atoms with van der Waals surface area (Å²) in [5.74, 6) is 2.67. The van der Waals surface area contributed by atoms with Crippen molar-refractivity contribution in [2.75, 3.05) is 48.8 Å². The largest absolute Gasteiger partial charge is 0.354 e. The van der Waals surface area contributed by atoms with Crippen molar-refractivity contribution >= 4 is 52.3 Å². The van der Waals surface area contributed by atoms with E-state index in [4.69, 9.17) is 28.2 Å². The Balaban J connectivity index is 1.63. The molecule has 1 aliphatic rings. The molecular weight excluding hydrogens is 411 g/mol. The predicted molar refractivity (Wildman–Crippen MR) is 118 cm³/mol. The van der Waals surface area contributed by atoms with E-state index in [9.17, 15) is 0 Å². The summed E-state index contributed by atoms with van der Waals surface area (Å²) >= 11 is 12.2. The van der Waals surface area contributed by atoms with Crippen molar-refractivity contribution in [1.82, 2.24) is 25.1 Å². The van der Waals surface area contributed by atoms with Crippen LogP contribution < -0.4 is 15.5 Å². The SMILES string of the molecule is Cc1cc(Nc2cc(N3CCN(C)CC3)nc(Nc3ccc(Cl)c(Cl)c3)n2)n[nH]1. The number of halogens is 2. The number of aromatic nitrogens is 4. The van der Waals surface area contributed by atoms with E-state index in [1.807, 2.05) is 25.1 Å². The lowest BCUT2D eigenvalue weighted by molar-refractivity contribution is 0.312. The first-order valence-corrected chi connectivity index (χ1v) is 10.1. The van der Waals surface area contributed by atoms with Crippen LogP contribution in [0.1, 0.15) is 5.69 Å². The van der Waals surface area contributed by atoms with Gasteiger partial charge in [0.1, 0.15) is 11.6 Å². The molecule has 1 saturated heterocycles. The maximum Gasteiger partial charge on any atom is 0.231 e. The zero-order valence-corrected chi connectivity index (χ0v) is 17.7. The smallest absolute Gasteiger partial charge is 0.231 e. The lowest BCUT2D eigenvalue weighted by Crippen LogP contribution is -2.44. The number of H-pyrrole nitrogens is 1. The molecule has 0 aliphatic carbocycles. The van der Waals surface area contributed by atoms with Crippen LogP contribution >= 0.6 is 23.2 Å². The van der Waals surface area contributed by atoms with Crippen LogP contribution in [-0.2, 0) is 0 Å². The molecule has 0 unspecified atom stereocenters. The maximum atomic E-state index is 6.14. The lowest BCUT2D eigenvalue weighted by atomic mass is 10.3. The number of likely N-dealkylation sites (N-methyl/N-ethyl adjacent to an activating group) is 1. The monoisotopic (exact) mass is 432 g/mol. The number of benzene rings is 1. The quantitative estimate of drug-likeness (QED) is 0.560. The number of piperazine rings is 1. The number of nitrogens with zero attached hydrogens (tertiary/aromatic N) is 5. The summed E-state index contributed by atoms with van der Waals surface area (Å²) in [7, 11) is 2.13. The van der Waals surface area contributed by atoms with Gasteiger partial charge in [0, 0.05) is 49.7 Å². The van der Waals surface area contributed by atoms with Crippen molar-refractivity contribution in [2.45, 2.75) is 6.92 Å². The van der Waals surface area contributed by atoms with Gasteiger partial charge in [-0.3, -0.25) is 5.10 Å². The highest BCUT2D eigenvalue weighted by atomic mass is 35.5. The van der Waals surface area contributed by atoms with Gasteiger partial charge in [-0.2, -0.15) is 15.1 Å². The summed E-state index contributed by atoms with van der Waals surface area (Å²) in [5, 5.41) is 14.6. The topological polar surface area (TPSA) is 85.0 Å². The molecule has 29 heavy (non-hydrogen) atoms. The summed E-state index contributed by atoms with van der Waals surface area (Å²) in [6.45, 7) is 5.73. The molecule has 0 saturated carbocycles. The number of hydrogen-bond donors (Lipinski definition) is 3. The minimum absolute atomic E-state index is 0.467. The molecule has 0 bridgehead atoms. The average Bonchev–Trinajstić information content (AvgIpc) is 3.10. The fraction of sp³-hybridized carbons (Fsp3) is 0.316. The molecule has 0 spiro atoms. The molecule has 2 aromatic heterocycles. The molecule has 1 fully saturated rings. The molecule has 1 aromatic carbocycles. The van der Waals surface area contributed by atoms with Gasteiger partial charge in [0.2, 0.25) is 5.95 Å². The van der Waals surface area contributed by atoms with E-state index < -0.39 is 0 Å². The van der Waals surface area contributed by atoms with Crippen LogP contribution in [0.4, 0.5) is 29.1 Å². The average molecular weight is 433 g/mol. The van der Waals surface area contributed by atoms with Crippen molar-refractivity contribution in [3.05, 3.63) is 46.1 Å². The molecule has 3 aromatic rings. The van der Waals surface area contributed by atoms with Crippen LogP contribution in [0.5, 0.6) is 0 Å². The second-order valence-electron chi connectivity index (χ2n) is 7.04. The lowest BCUT2D eigenvalue weighted by Gasteiger charge is -2.33. The first-order chi connectivity index (χ1) is 14.0. The summed E-state index contributed by atoms with van der Waals surface area (Å²) in [5.41, 5.74) is 1.73. The van der Waals surface area contributed by atoms with Crippen molar-refractivity contribution in [3.63, 3.8) is 0 Å². The Kier molecular flexibility index (Phi) is 5.75. The Hall–Kier alpha value is -2.55. The minimum Gasteiger partial charge on any atom is -0.354 e. The number of nitrogens with one attached hydrogen (secondary N) is 3. The van der Waals surface area contributed by atoms with Gasteiger partial charge < -0.3 is 20.4 Å². The van der Waals surface area contributed by atoms with Crippen LogP contribution in [0.25, 0.3) is 0 Å². The normalized spacial score (nSPS) is 14.8. The Morgan fingerprint density at radius 2 is 1.72 bits per heavy atom. The highest BCUT2D eigenvalue weighted by Crippen LogP contribution is 2.28. The second kappa shape index (κ2) is 8.44. The number of aryl methyl sites for hydroxylation is 1. The molecule has 152 valence electrons. The molecular formula is C19H22Cl2N8. The zero-order valence-electron chi connectivity index (χ0n) is 16.2. The fourth-order valence-corrected chi connectivity index (χ4v) is 3.37. The van der Waals surface area contributed by atoms with Gasteiger partial charge in [0.15, 0.2) is 5.82 Å². The highest BCUT2D eigenvalue weighted by Gasteiger charge is 2.18. The Morgan fingerprint density at radius 3 is 2.41 bits per heavy atom.